The minimum absolute atomic E-state index is 0.894. The van der Waals surface area contributed by atoms with Crippen LogP contribution in [-0.4, -0.2) is 62.3 Å². The third-order valence-corrected chi connectivity index (χ3v) is 2.50. The molecule has 0 atom stereocenters. The summed E-state index contributed by atoms with van der Waals surface area (Å²) in [6, 6.07) is 0. The van der Waals surface area contributed by atoms with Crippen molar-refractivity contribution in [3.05, 3.63) is 12.2 Å². The highest BCUT2D eigenvalue weighted by Gasteiger charge is 2.09. The molecule has 0 saturated carbocycles. The van der Waals surface area contributed by atoms with Gasteiger partial charge < -0.3 is 4.90 Å². The fraction of sp³-hybridized carbons (Fsp3) is 0.750. The lowest BCUT2D eigenvalue weighted by Gasteiger charge is -2.24. The number of aliphatic imine (C=N–C) groups is 1. The summed E-state index contributed by atoms with van der Waals surface area (Å²) >= 11 is 0. The first kappa shape index (κ1) is 12.4. The Hall–Kier alpha value is -0.670. The molecule has 0 amide bonds. The molecule has 1 aliphatic heterocycles. The zero-order valence-electron chi connectivity index (χ0n) is 10.2. The predicted molar refractivity (Wildman–Crippen MR) is 66.7 cm³/mol. The van der Waals surface area contributed by atoms with E-state index in [9.17, 15) is 0 Å². The van der Waals surface area contributed by atoms with Crippen LogP contribution >= 0.6 is 0 Å². The molecule has 3 heteroatoms. The van der Waals surface area contributed by atoms with E-state index in [0.29, 0.717) is 0 Å². The predicted octanol–water partition coefficient (Wildman–Crippen LogP) is 1.27. The highest BCUT2D eigenvalue weighted by atomic mass is 15.1. The normalized spacial score (nSPS) is 20.4. The van der Waals surface area contributed by atoms with Crippen molar-refractivity contribution in [1.29, 1.82) is 0 Å². The highest BCUT2D eigenvalue weighted by molar-refractivity contribution is 5.97. The van der Waals surface area contributed by atoms with Crippen LogP contribution in [0.1, 0.15) is 13.3 Å². The maximum absolute atomic E-state index is 4.45. The van der Waals surface area contributed by atoms with E-state index < -0.39 is 0 Å². The van der Waals surface area contributed by atoms with E-state index in [1.807, 2.05) is 0 Å². The molecule has 0 spiro atoms. The lowest BCUT2D eigenvalue weighted by molar-refractivity contribution is 0.304. The van der Waals surface area contributed by atoms with E-state index in [1.54, 1.807) is 0 Å². The molecule has 1 rings (SSSR count). The van der Waals surface area contributed by atoms with Crippen LogP contribution in [0.2, 0.25) is 0 Å². The van der Waals surface area contributed by atoms with Crippen LogP contribution in [-0.2, 0) is 0 Å². The quantitative estimate of drug-likeness (QED) is 0.679. The Kier molecular flexibility index (Phi) is 5.58. The first-order valence-electron chi connectivity index (χ1n) is 5.79. The van der Waals surface area contributed by atoms with Crippen molar-refractivity contribution in [2.24, 2.45) is 4.99 Å². The molecule has 0 bridgehead atoms. The van der Waals surface area contributed by atoms with E-state index in [-0.39, 0.29) is 0 Å². The van der Waals surface area contributed by atoms with E-state index in [4.69, 9.17) is 0 Å². The minimum atomic E-state index is 0.894. The number of rotatable bonds is 5. The molecule has 0 aliphatic carbocycles. The Morgan fingerprint density at radius 1 is 1.47 bits per heavy atom. The minimum Gasteiger partial charge on any atom is -0.309 e. The van der Waals surface area contributed by atoms with Crippen molar-refractivity contribution in [2.45, 2.75) is 13.3 Å². The molecule has 86 valence electrons. The molecule has 0 aromatic carbocycles. The number of nitrogens with zero attached hydrogens (tertiary/aromatic N) is 3. The van der Waals surface area contributed by atoms with Gasteiger partial charge in [-0.1, -0.05) is 6.08 Å². The monoisotopic (exact) mass is 209 g/mol. The highest BCUT2D eigenvalue weighted by Crippen LogP contribution is 2.01. The summed E-state index contributed by atoms with van der Waals surface area (Å²) in [5, 5.41) is 0. The lowest BCUT2D eigenvalue weighted by Crippen LogP contribution is -2.34. The van der Waals surface area contributed by atoms with Gasteiger partial charge in [0.25, 0.3) is 0 Å². The van der Waals surface area contributed by atoms with Gasteiger partial charge in [-0.3, -0.25) is 9.89 Å². The van der Waals surface area contributed by atoms with Gasteiger partial charge in [-0.15, -0.1) is 0 Å². The van der Waals surface area contributed by atoms with Crippen LogP contribution in [0.15, 0.2) is 17.1 Å². The smallest absolute Gasteiger partial charge is 0.0485 e. The van der Waals surface area contributed by atoms with Gasteiger partial charge in [-0.2, -0.15) is 0 Å². The summed E-state index contributed by atoms with van der Waals surface area (Å²) in [6.45, 7) is 7.43. The first-order chi connectivity index (χ1) is 7.22. The maximum atomic E-state index is 4.45. The summed E-state index contributed by atoms with van der Waals surface area (Å²) in [7, 11) is 4.25. The fourth-order valence-electron chi connectivity index (χ4n) is 1.77. The summed E-state index contributed by atoms with van der Waals surface area (Å²) in [5.74, 6) is 0. The second kappa shape index (κ2) is 6.75. The zero-order valence-corrected chi connectivity index (χ0v) is 10.2. The summed E-state index contributed by atoms with van der Waals surface area (Å²) in [6.07, 6.45) is 5.61. The van der Waals surface area contributed by atoms with Gasteiger partial charge in [0.2, 0.25) is 0 Å². The Balaban J connectivity index is 2.27. The number of hydrogen-bond donors (Lipinski definition) is 0. The standard InChI is InChI=1S/C12H23N3/c1-4-13-12-7-5-9-15(11-12)10-6-8-14(2)3/h5,7H,4,6,8-11H2,1-3H3. The Bertz CT molecular complexity index is 231. The molecule has 3 nitrogen and oxygen atoms in total. The van der Waals surface area contributed by atoms with Crippen molar-refractivity contribution in [3.63, 3.8) is 0 Å². The molecule has 0 unspecified atom stereocenters. The molecule has 0 aromatic heterocycles. The van der Waals surface area contributed by atoms with Gasteiger partial charge in [0.05, 0.1) is 0 Å². The first-order valence-corrected chi connectivity index (χ1v) is 5.79. The van der Waals surface area contributed by atoms with Crippen LogP contribution in [0.4, 0.5) is 0 Å². The number of hydrogen-bond acceptors (Lipinski definition) is 3. The van der Waals surface area contributed by atoms with Crippen molar-refractivity contribution < 1.29 is 0 Å². The van der Waals surface area contributed by atoms with Crippen LogP contribution < -0.4 is 0 Å². The van der Waals surface area contributed by atoms with Crippen molar-refractivity contribution in [1.82, 2.24) is 9.80 Å². The van der Waals surface area contributed by atoms with Crippen LogP contribution in [0, 0.1) is 0 Å². The molecule has 0 N–H and O–H groups in total. The Labute approximate surface area is 93.5 Å². The molecule has 0 radical (unpaired) electrons. The Morgan fingerprint density at radius 2 is 2.27 bits per heavy atom. The van der Waals surface area contributed by atoms with Gasteiger partial charge in [0.15, 0.2) is 0 Å². The third-order valence-electron chi connectivity index (χ3n) is 2.50. The molecular weight excluding hydrogens is 186 g/mol. The van der Waals surface area contributed by atoms with E-state index in [0.717, 1.165) is 19.6 Å². The van der Waals surface area contributed by atoms with Crippen molar-refractivity contribution in [3.8, 4) is 0 Å². The van der Waals surface area contributed by atoms with E-state index in [1.165, 1.54) is 25.2 Å². The second-order valence-corrected chi connectivity index (χ2v) is 4.26. The zero-order chi connectivity index (χ0) is 11.1. The Morgan fingerprint density at radius 3 is 2.93 bits per heavy atom. The average Bonchev–Trinajstić information content (AvgIpc) is 2.18. The second-order valence-electron chi connectivity index (χ2n) is 4.26. The SMILES string of the molecule is CCN=C1C=CCN(CCCN(C)C)C1. The summed E-state index contributed by atoms with van der Waals surface area (Å²) in [4.78, 5) is 9.15. The molecule has 1 heterocycles. The summed E-state index contributed by atoms with van der Waals surface area (Å²) in [5.41, 5.74) is 1.23. The van der Waals surface area contributed by atoms with Gasteiger partial charge >= 0.3 is 0 Å². The molecule has 0 aromatic rings. The van der Waals surface area contributed by atoms with Gasteiger partial charge in [-0.25, -0.2) is 0 Å². The van der Waals surface area contributed by atoms with Crippen LogP contribution in [0.5, 0.6) is 0 Å². The van der Waals surface area contributed by atoms with E-state index in [2.05, 4.69) is 48.0 Å². The summed E-state index contributed by atoms with van der Waals surface area (Å²) < 4.78 is 0. The molecule has 0 fully saturated rings. The lowest BCUT2D eigenvalue weighted by atomic mass is 10.2. The molecule has 0 saturated heterocycles. The van der Waals surface area contributed by atoms with Gasteiger partial charge in [0.1, 0.15) is 0 Å². The van der Waals surface area contributed by atoms with Gasteiger partial charge in [0, 0.05) is 31.9 Å². The third kappa shape index (κ3) is 5.09. The molecule has 1 aliphatic rings. The van der Waals surface area contributed by atoms with Crippen LogP contribution in [0.3, 0.4) is 0 Å². The molecule has 15 heavy (non-hydrogen) atoms. The van der Waals surface area contributed by atoms with Gasteiger partial charge in [-0.05, 0) is 40.1 Å². The van der Waals surface area contributed by atoms with E-state index >= 15 is 0 Å². The van der Waals surface area contributed by atoms with Crippen molar-refractivity contribution >= 4 is 5.71 Å². The average molecular weight is 209 g/mol. The largest absolute Gasteiger partial charge is 0.309 e. The maximum Gasteiger partial charge on any atom is 0.0485 e. The van der Waals surface area contributed by atoms with Crippen LogP contribution in [0.25, 0.3) is 0 Å². The molecular formula is C12H23N3. The topological polar surface area (TPSA) is 18.8 Å². The fourth-order valence-corrected chi connectivity index (χ4v) is 1.77. The van der Waals surface area contributed by atoms with Crippen molar-refractivity contribution in [2.75, 3.05) is 46.8 Å².